The van der Waals surface area contributed by atoms with E-state index in [1.54, 1.807) is 0 Å². The molecule has 1 aliphatic carbocycles. The Bertz CT molecular complexity index is 145. The van der Waals surface area contributed by atoms with Crippen LogP contribution in [0.2, 0.25) is 0 Å². The molecule has 0 aliphatic heterocycles. The normalized spacial score (nSPS) is 17.0. The van der Waals surface area contributed by atoms with E-state index in [0.29, 0.717) is 6.10 Å². The molecule has 0 aromatic heterocycles. The average Bonchev–Trinajstić information content (AvgIpc) is 2.20. The molecule has 15 heavy (non-hydrogen) atoms. The van der Waals surface area contributed by atoms with Gasteiger partial charge in [-0.3, -0.25) is 0 Å². The Kier molecular flexibility index (Phi) is 6.98. The quantitative estimate of drug-likeness (QED) is 0.589. The third-order valence-electron chi connectivity index (χ3n) is 3.18. The first-order valence-electron chi connectivity index (χ1n) is 6.41. The fourth-order valence-corrected chi connectivity index (χ4v) is 1.74. The van der Waals surface area contributed by atoms with Crippen LogP contribution >= 0.6 is 0 Å². The van der Waals surface area contributed by atoms with E-state index in [4.69, 9.17) is 4.74 Å². The summed E-state index contributed by atoms with van der Waals surface area (Å²) in [5, 5.41) is 3.42. The maximum Gasteiger partial charge on any atom is 0.0594 e. The Balaban J connectivity index is 1.79. The standard InChI is InChI=1S/C12H26N2O/c1-3-14(4-2)10-8-13-9-11-15-12-6-5-7-12/h12-13H,3-11H2,1-2H3. The number of nitrogens with one attached hydrogen (secondary N) is 1. The van der Waals surface area contributed by atoms with Crippen molar-refractivity contribution >= 4 is 0 Å². The van der Waals surface area contributed by atoms with E-state index in [2.05, 4.69) is 24.1 Å². The number of ether oxygens (including phenoxy) is 1. The minimum absolute atomic E-state index is 0.578. The van der Waals surface area contributed by atoms with Crippen molar-refractivity contribution in [2.24, 2.45) is 0 Å². The molecule has 0 atom stereocenters. The predicted octanol–water partition coefficient (Wildman–Crippen LogP) is 1.49. The van der Waals surface area contributed by atoms with Crippen LogP contribution in [0.3, 0.4) is 0 Å². The molecule has 0 aromatic rings. The van der Waals surface area contributed by atoms with Gasteiger partial charge in [-0.05, 0) is 32.4 Å². The highest BCUT2D eigenvalue weighted by molar-refractivity contribution is 4.69. The van der Waals surface area contributed by atoms with E-state index in [-0.39, 0.29) is 0 Å². The van der Waals surface area contributed by atoms with Crippen LogP contribution in [0.25, 0.3) is 0 Å². The van der Waals surface area contributed by atoms with Crippen molar-refractivity contribution in [3.05, 3.63) is 0 Å². The van der Waals surface area contributed by atoms with Gasteiger partial charge in [0.25, 0.3) is 0 Å². The minimum Gasteiger partial charge on any atom is -0.377 e. The van der Waals surface area contributed by atoms with Gasteiger partial charge < -0.3 is 15.0 Å². The Labute approximate surface area is 94.2 Å². The summed E-state index contributed by atoms with van der Waals surface area (Å²) in [5.74, 6) is 0. The maximum absolute atomic E-state index is 5.66. The molecule has 90 valence electrons. The molecule has 0 saturated heterocycles. The molecular weight excluding hydrogens is 188 g/mol. The van der Waals surface area contributed by atoms with Gasteiger partial charge in [-0.2, -0.15) is 0 Å². The number of rotatable bonds is 9. The van der Waals surface area contributed by atoms with Gasteiger partial charge in [0.1, 0.15) is 0 Å². The highest BCUT2D eigenvalue weighted by Gasteiger charge is 2.16. The van der Waals surface area contributed by atoms with Gasteiger partial charge in [0.05, 0.1) is 12.7 Å². The van der Waals surface area contributed by atoms with Crippen molar-refractivity contribution in [3.63, 3.8) is 0 Å². The van der Waals surface area contributed by atoms with Gasteiger partial charge in [0.2, 0.25) is 0 Å². The SMILES string of the molecule is CCN(CC)CCNCCOC1CCC1. The molecule has 1 fully saturated rings. The fraction of sp³-hybridized carbons (Fsp3) is 1.00. The predicted molar refractivity (Wildman–Crippen MR) is 64.2 cm³/mol. The molecule has 0 aromatic carbocycles. The first kappa shape index (κ1) is 12.9. The third kappa shape index (κ3) is 5.50. The molecule has 1 rings (SSSR count). The number of hydrogen-bond acceptors (Lipinski definition) is 3. The van der Waals surface area contributed by atoms with Gasteiger partial charge in [-0.25, -0.2) is 0 Å². The monoisotopic (exact) mass is 214 g/mol. The second kappa shape index (κ2) is 8.08. The summed E-state index contributed by atoms with van der Waals surface area (Å²) in [4.78, 5) is 2.43. The number of likely N-dealkylation sites (N-methyl/N-ethyl adjacent to an activating group) is 1. The number of hydrogen-bond donors (Lipinski definition) is 1. The zero-order valence-corrected chi connectivity index (χ0v) is 10.3. The lowest BCUT2D eigenvalue weighted by atomic mass is 9.96. The highest BCUT2D eigenvalue weighted by Crippen LogP contribution is 2.21. The Morgan fingerprint density at radius 1 is 1.20 bits per heavy atom. The van der Waals surface area contributed by atoms with Crippen LogP contribution in [-0.2, 0) is 4.74 Å². The van der Waals surface area contributed by atoms with Crippen LogP contribution in [0.15, 0.2) is 0 Å². The molecule has 0 heterocycles. The second-order valence-electron chi connectivity index (χ2n) is 4.20. The van der Waals surface area contributed by atoms with Crippen LogP contribution in [0, 0.1) is 0 Å². The van der Waals surface area contributed by atoms with E-state index < -0.39 is 0 Å². The van der Waals surface area contributed by atoms with E-state index in [9.17, 15) is 0 Å². The van der Waals surface area contributed by atoms with Crippen LogP contribution in [-0.4, -0.2) is 50.3 Å². The zero-order valence-electron chi connectivity index (χ0n) is 10.3. The topological polar surface area (TPSA) is 24.5 Å². The van der Waals surface area contributed by atoms with E-state index in [0.717, 1.165) is 39.3 Å². The molecule has 0 radical (unpaired) electrons. The van der Waals surface area contributed by atoms with Gasteiger partial charge in [-0.1, -0.05) is 13.8 Å². The highest BCUT2D eigenvalue weighted by atomic mass is 16.5. The summed E-state index contributed by atoms with van der Waals surface area (Å²) in [5.41, 5.74) is 0. The van der Waals surface area contributed by atoms with Gasteiger partial charge in [0, 0.05) is 19.6 Å². The van der Waals surface area contributed by atoms with Crippen LogP contribution in [0.4, 0.5) is 0 Å². The first-order chi connectivity index (χ1) is 7.36. The van der Waals surface area contributed by atoms with Crippen LogP contribution in [0.5, 0.6) is 0 Å². The van der Waals surface area contributed by atoms with E-state index in [1.807, 2.05) is 0 Å². The van der Waals surface area contributed by atoms with Gasteiger partial charge >= 0.3 is 0 Å². The molecule has 1 aliphatic rings. The van der Waals surface area contributed by atoms with Crippen LogP contribution < -0.4 is 5.32 Å². The van der Waals surface area contributed by atoms with Crippen molar-refractivity contribution in [1.29, 1.82) is 0 Å². The zero-order chi connectivity index (χ0) is 10.9. The van der Waals surface area contributed by atoms with Crippen molar-refractivity contribution in [3.8, 4) is 0 Å². The lowest BCUT2D eigenvalue weighted by Crippen LogP contribution is -2.34. The Hall–Kier alpha value is -0.120. The summed E-state index contributed by atoms with van der Waals surface area (Å²) in [6.07, 6.45) is 4.49. The minimum atomic E-state index is 0.578. The van der Waals surface area contributed by atoms with Crippen molar-refractivity contribution in [2.45, 2.75) is 39.2 Å². The molecule has 0 spiro atoms. The second-order valence-corrected chi connectivity index (χ2v) is 4.20. The van der Waals surface area contributed by atoms with Crippen LogP contribution in [0.1, 0.15) is 33.1 Å². The first-order valence-corrected chi connectivity index (χ1v) is 6.41. The summed E-state index contributed by atoms with van der Waals surface area (Å²) >= 11 is 0. The molecule has 0 amide bonds. The molecule has 1 saturated carbocycles. The maximum atomic E-state index is 5.66. The smallest absolute Gasteiger partial charge is 0.0594 e. The molecule has 3 nitrogen and oxygen atoms in total. The van der Waals surface area contributed by atoms with Gasteiger partial charge in [-0.15, -0.1) is 0 Å². The lowest BCUT2D eigenvalue weighted by Gasteiger charge is -2.25. The molecule has 1 N–H and O–H groups in total. The van der Waals surface area contributed by atoms with Gasteiger partial charge in [0.15, 0.2) is 0 Å². The fourth-order valence-electron chi connectivity index (χ4n) is 1.74. The summed E-state index contributed by atoms with van der Waals surface area (Å²) in [6, 6.07) is 0. The summed E-state index contributed by atoms with van der Waals surface area (Å²) in [6.45, 7) is 10.8. The third-order valence-corrected chi connectivity index (χ3v) is 3.18. The molecule has 0 unspecified atom stereocenters. The van der Waals surface area contributed by atoms with Crippen molar-refractivity contribution in [1.82, 2.24) is 10.2 Å². The molecule has 3 heteroatoms. The van der Waals surface area contributed by atoms with E-state index in [1.165, 1.54) is 19.3 Å². The lowest BCUT2D eigenvalue weighted by molar-refractivity contribution is 0.00421. The summed E-state index contributed by atoms with van der Waals surface area (Å²) < 4.78 is 5.66. The summed E-state index contributed by atoms with van der Waals surface area (Å²) in [7, 11) is 0. The van der Waals surface area contributed by atoms with E-state index >= 15 is 0 Å². The largest absolute Gasteiger partial charge is 0.377 e. The average molecular weight is 214 g/mol. The Morgan fingerprint density at radius 3 is 2.47 bits per heavy atom. The number of nitrogens with zero attached hydrogens (tertiary/aromatic N) is 1. The van der Waals surface area contributed by atoms with Crippen molar-refractivity contribution < 1.29 is 4.74 Å². The molecular formula is C12H26N2O. The van der Waals surface area contributed by atoms with Crippen molar-refractivity contribution in [2.75, 3.05) is 39.3 Å². The Morgan fingerprint density at radius 2 is 1.93 bits per heavy atom. The molecule has 0 bridgehead atoms.